The first-order chi connectivity index (χ1) is 15.0. The van der Waals surface area contributed by atoms with Gasteiger partial charge in [0.25, 0.3) is 5.91 Å². The molecule has 1 amide bonds. The quantitative estimate of drug-likeness (QED) is 0.546. The second-order valence-electron chi connectivity index (χ2n) is 7.91. The molecule has 31 heavy (non-hydrogen) atoms. The highest BCUT2D eigenvalue weighted by Gasteiger charge is 2.35. The molecule has 7 nitrogen and oxygen atoms in total. The summed E-state index contributed by atoms with van der Waals surface area (Å²) in [5, 5.41) is 6.07. The number of nitrogens with zero attached hydrogens (tertiary/aromatic N) is 3. The molecule has 1 aromatic carbocycles. The van der Waals surface area contributed by atoms with Crippen molar-refractivity contribution in [1.29, 1.82) is 0 Å². The number of carbonyl (C=O) groups excluding carboxylic acids is 1. The van der Waals surface area contributed by atoms with Gasteiger partial charge in [-0.25, -0.2) is 5.01 Å². The molecule has 0 aliphatic carbocycles. The molecule has 1 aliphatic heterocycles. The molecule has 7 heteroatoms. The Kier molecular flexibility index (Phi) is 6.23. The van der Waals surface area contributed by atoms with Crippen LogP contribution in [-0.4, -0.2) is 48.3 Å². The molecule has 0 saturated heterocycles. The number of hydrogen-bond donors (Lipinski definition) is 0. The second kappa shape index (κ2) is 9.22. The average Bonchev–Trinajstić information content (AvgIpc) is 3.47. The minimum absolute atomic E-state index is 0.100. The fraction of sp³-hybridized carbons (Fsp3) is 0.333. The number of amides is 1. The SMILES string of the molecule is Cc1cc(C)cc(OCCN(C)CC(=O)N2N=C(c3ccco3)CC2c2ccco2)c1. The number of hydrazone groups is 1. The molecule has 3 heterocycles. The number of likely N-dealkylation sites (N-methyl/N-ethyl adjacent to an activating group) is 1. The highest BCUT2D eigenvalue weighted by Crippen LogP contribution is 2.33. The van der Waals surface area contributed by atoms with Crippen molar-refractivity contribution in [1.82, 2.24) is 9.91 Å². The van der Waals surface area contributed by atoms with Gasteiger partial charge in [0, 0.05) is 13.0 Å². The first-order valence-electron chi connectivity index (χ1n) is 10.4. The van der Waals surface area contributed by atoms with E-state index in [-0.39, 0.29) is 18.5 Å². The molecular weight excluding hydrogens is 394 g/mol. The molecule has 1 atom stereocenters. The van der Waals surface area contributed by atoms with Crippen LogP contribution in [0.4, 0.5) is 0 Å². The van der Waals surface area contributed by atoms with E-state index in [1.165, 1.54) is 16.1 Å². The molecule has 1 unspecified atom stereocenters. The largest absolute Gasteiger partial charge is 0.492 e. The fourth-order valence-corrected chi connectivity index (χ4v) is 3.75. The summed E-state index contributed by atoms with van der Waals surface area (Å²) in [6, 6.07) is 13.2. The van der Waals surface area contributed by atoms with Gasteiger partial charge in [-0.15, -0.1) is 0 Å². The van der Waals surface area contributed by atoms with E-state index < -0.39 is 0 Å². The number of hydrogen-bond acceptors (Lipinski definition) is 6. The van der Waals surface area contributed by atoms with Gasteiger partial charge >= 0.3 is 0 Å². The van der Waals surface area contributed by atoms with Gasteiger partial charge < -0.3 is 13.6 Å². The summed E-state index contributed by atoms with van der Waals surface area (Å²) < 4.78 is 16.9. The second-order valence-corrected chi connectivity index (χ2v) is 7.91. The van der Waals surface area contributed by atoms with Gasteiger partial charge in [-0.3, -0.25) is 9.69 Å². The Balaban J connectivity index is 1.37. The van der Waals surface area contributed by atoms with Crippen molar-refractivity contribution in [2.75, 3.05) is 26.7 Å². The lowest BCUT2D eigenvalue weighted by molar-refractivity contribution is -0.134. The Hall–Kier alpha value is -3.32. The van der Waals surface area contributed by atoms with Crippen molar-refractivity contribution < 1.29 is 18.4 Å². The molecule has 0 radical (unpaired) electrons. The van der Waals surface area contributed by atoms with Crippen LogP contribution in [0.2, 0.25) is 0 Å². The molecule has 0 saturated carbocycles. The maximum absolute atomic E-state index is 13.1. The van der Waals surface area contributed by atoms with Crippen molar-refractivity contribution in [2.24, 2.45) is 5.10 Å². The Morgan fingerprint density at radius 2 is 1.90 bits per heavy atom. The van der Waals surface area contributed by atoms with E-state index in [1.54, 1.807) is 12.5 Å². The molecule has 0 N–H and O–H groups in total. The normalized spacial score (nSPS) is 16.1. The molecular formula is C24H27N3O4. The van der Waals surface area contributed by atoms with Gasteiger partial charge in [0.2, 0.25) is 0 Å². The number of aryl methyl sites for hydroxylation is 2. The lowest BCUT2D eigenvalue weighted by Crippen LogP contribution is -2.37. The topological polar surface area (TPSA) is 71.4 Å². The summed E-state index contributed by atoms with van der Waals surface area (Å²) in [5.41, 5.74) is 3.07. The third-order valence-corrected chi connectivity index (χ3v) is 5.19. The summed E-state index contributed by atoms with van der Waals surface area (Å²) in [4.78, 5) is 15.0. The van der Waals surface area contributed by atoms with Crippen molar-refractivity contribution in [3.05, 3.63) is 77.6 Å². The Bertz CT molecular complexity index is 1020. The minimum atomic E-state index is -0.275. The van der Waals surface area contributed by atoms with E-state index in [0.717, 1.165) is 11.5 Å². The van der Waals surface area contributed by atoms with E-state index in [2.05, 4.69) is 11.2 Å². The van der Waals surface area contributed by atoms with E-state index in [1.807, 2.05) is 62.2 Å². The zero-order valence-electron chi connectivity index (χ0n) is 18.1. The molecule has 3 aromatic rings. The lowest BCUT2D eigenvalue weighted by Gasteiger charge is -2.23. The first kappa shape index (κ1) is 20.9. The van der Waals surface area contributed by atoms with Crippen LogP contribution in [0.1, 0.15) is 35.1 Å². The van der Waals surface area contributed by atoms with Crippen LogP contribution < -0.4 is 4.74 Å². The van der Waals surface area contributed by atoms with E-state index in [9.17, 15) is 4.79 Å². The van der Waals surface area contributed by atoms with Crippen LogP contribution in [0.15, 0.2) is 68.9 Å². The smallest absolute Gasteiger partial charge is 0.257 e. The Morgan fingerprint density at radius 1 is 1.16 bits per heavy atom. The van der Waals surface area contributed by atoms with Crippen LogP contribution >= 0.6 is 0 Å². The highest BCUT2D eigenvalue weighted by molar-refractivity contribution is 6.01. The van der Waals surface area contributed by atoms with Crippen LogP contribution in [0.5, 0.6) is 5.75 Å². The molecule has 0 fully saturated rings. The van der Waals surface area contributed by atoms with Crippen LogP contribution in [-0.2, 0) is 4.79 Å². The van der Waals surface area contributed by atoms with E-state index in [0.29, 0.717) is 31.1 Å². The predicted molar refractivity (Wildman–Crippen MR) is 117 cm³/mol. The zero-order chi connectivity index (χ0) is 21.8. The maximum atomic E-state index is 13.1. The standard InChI is InChI=1S/C24H27N3O4/c1-17-12-18(2)14-19(13-17)29-11-8-26(3)16-24(28)27-21(23-7-5-10-31-23)15-20(25-27)22-6-4-9-30-22/h4-7,9-10,12-14,21H,8,11,15-16H2,1-3H3. The zero-order valence-corrected chi connectivity index (χ0v) is 18.1. The maximum Gasteiger partial charge on any atom is 0.257 e. The number of furan rings is 2. The number of ether oxygens (including phenoxy) is 1. The summed E-state index contributed by atoms with van der Waals surface area (Å²) in [6.45, 7) is 5.44. The molecule has 1 aliphatic rings. The monoisotopic (exact) mass is 421 g/mol. The lowest BCUT2D eigenvalue weighted by atomic mass is 10.1. The van der Waals surface area contributed by atoms with Crippen LogP contribution in [0.3, 0.4) is 0 Å². The molecule has 162 valence electrons. The third kappa shape index (κ3) is 5.06. The average molecular weight is 421 g/mol. The van der Waals surface area contributed by atoms with Crippen molar-refractivity contribution in [3.8, 4) is 5.75 Å². The summed E-state index contributed by atoms with van der Waals surface area (Å²) in [5.74, 6) is 2.13. The molecule has 0 spiro atoms. The predicted octanol–water partition coefficient (Wildman–Crippen LogP) is 4.18. The number of rotatable bonds is 8. The van der Waals surface area contributed by atoms with Gasteiger partial charge in [-0.1, -0.05) is 6.07 Å². The number of carbonyl (C=O) groups is 1. The van der Waals surface area contributed by atoms with Crippen molar-refractivity contribution in [2.45, 2.75) is 26.3 Å². The fourth-order valence-electron chi connectivity index (χ4n) is 3.75. The summed E-state index contributed by atoms with van der Waals surface area (Å²) in [6.07, 6.45) is 3.76. The van der Waals surface area contributed by atoms with Gasteiger partial charge in [0.15, 0.2) is 0 Å². The molecule has 4 rings (SSSR count). The van der Waals surface area contributed by atoms with E-state index >= 15 is 0 Å². The molecule has 2 aromatic heterocycles. The van der Waals surface area contributed by atoms with Gasteiger partial charge in [0.05, 0.1) is 19.1 Å². The number of benzene rings is 1. The van der Waals surface area contributed by atoms with E-state index in [4.69, 9.17) is 13.6 Å². The van der Waals surface area contributed by atoms with Crippen molar-refractivity contribution >= 4 is 11.6 Å². The summed E-state index contributed by atoms with van der Waals surface area (Å²) >= 11 is 0. The first-order valence-corrected chi connectivity index (χ1v) is 10.4. The van der Waals surface area contributed by atoms with Crippen LogP contribution in [0.25, 0.3) is 0 Å². The highest BCUT2D eigenvalue weighted by atomic mass is 16.5. The minimum Gasteiger partial charge on any atom is -0.492 e. The Morgan fingerprint density at radius 3 is 2.58 bits per heavy atom. The van der Waals surface area contributed by atoms with Gasteiger partial charge in [-0.2, -0.15) is 5.10 Å². The Labute approximate surface area is 181 Å². The third-order valence-electron chi connectivity index (χ3n) is 5.19. The van der Waals surface area contributed by atoms with Gasteiger partial charge in [0.1, 0.15) is 35.6 Å². The van der Waals surface area contributed by atoms with Gasteiger partial charge in [-0.05, 0) is 68.4 Å². The van der Waals surface area contributed by atoms with Crippen LogP contribution in [0, 0.1) is 13.8 Å². The molecule has 0 bridgehead atoms. The summed E-state index contributed by atoms with van der Waals surface area (Å²) in [7, 11) is 1.90. The van der Waals surface area contributed by atoms with Crippen molar-refractivity contribution in [3.63, 3.8) is 0 Å².